The van der Waals surface area contributed by atoms with Crippen LogP contribution in [0, 0.1) is 5.41 Å². The van der Waals surface area contributed by atoms with Crippen LogP contribution in [0.5, 0.6) is 5.75 Å². The molecule has 2 rings (SSSR count). The summed E-state index contributed by atoms with van der Waals surface area (Å²) in [5, 5.41) is 3.09. The second-order valence-electron chi connectivity index (χ2n) is 7.51. The summed E-state index contributed by atoms with van der Waals surface area (Å²) in [5.41, 5.74) is 6.51. The van der Waals surface area contributed by atoms with Gasteiger partial charge in [0.2, 0.25) is 5.91 Å². The number of hydrogen-bond donors (Lipinski definition) is 2. The Balaban J connectivity index is 0.00000242. The molecule has 2 atom stereocenters. The van der Waals surface area contributed by atoms with E-state index in [0.29, 0.717) is 0 Å². The molecule has 1 heterocycles. The highest BCUT2D eigenvalue weighted by molar-refractivity contribution is 5.85. The molecule has 0 bridgehead atoms. The summed E-state index contributed by atoms with van der Waals surface area (Å²) in [6, 6.07) is 7.25. The molecule has 1 amide bonds. The highest BCUT2D eigenvalue weighted by Crippen LogP contribution is 2.39. The lowest BCUT2D eigenvalue weighted by atomic mass is 9.85. The predicted octanol–water partition coefficient (Wildman–Crippen LogP) is 3.20. The monoisotopic (exact) mass is 326 g/mol. The highest BCUT2D eigenvalue weighted by Gasteiger charge is 2.36. The molecule has 1 aromatic carbocycles. The third kappa shape index (κ3) is 4.14. The number of benzene rings is 1. The van der Waals surface area contributed by atoms with Crippen molar-refractivity contribution in [2.75, 3.05) is 0 Å². The largest absolute Gasteiger partial charge is 0.487 e. The molecule has 1 aromatic rings. The molecule has 4 nitrogen and oxygen atoms in total. The van der Waals surface area contributed by atoms with Crippen molar-refractivity contribution in [3.05, 3.63) is 29.8 Å². The fraction of sp³-hybridized carbons (Fsp3) is 0.588. The number of fused-ring (bicyclic) bond motifs is 1. The highest BCUT2D eigenvalue weighted by atomic mass is 35.5. The quantitative estimate of drug-likeness (QED) is 0.877. The first-order valence-corrected chi connectivity index (χ1v) is 7.44. The zero-order chi connectivity index (χ0) is 15.8. The number of para-hydroxylation sites is 1. The lowest BCUT2D eigenvalue weighted by molar-refractivity contribution is -0.125. The van der Waals surface area contributed by atoms with Crippen molar-refractivity contribution < 1.29 is 9.53 Å². The molecule has 1 aliphatic heterocycles. The van der Waals surface area contributed by atoms with Crippen LogP contribution in [0.3, 0.4) is 0 Å². The molecule has 1 unspecified atom stereocenters. The van der Waals surface area contributed by atoms with E-state index in [9.17, 15) is 4.79 Å². The van der Waals surface area contributed by atoms with E-state index in [4.69, 9.17) is 10.5 Å². The van der Waals surface area contributed by atoms with Crippen molar-refractivity contribution in [1.82, 2.24) is 5.32 Å². The number of halogens is 1. The van der Waals surface area contributed by atoms with E-state index in [-0.39, 0.29) is 35.4 Å². The van der Waals surface area contributed by atoms with E-state index in [1.54, 1.807) is 0 Å². The topological polar surface area (TPSA) is 64.4 Å². The zero-order valence-electron chi connectivity index (χ0n) is 14.0. The summed E-state index contributed by atoms with van der Waals surface area (Å²) >= 11 is 0. The van der Waals surface area contributed by atoms with Gasteiger partial charge in [-0.25, -0.2) is 0 Å². The van der Waals surface area contributed by atoms with Gasteiger partial charge in [0.15, 0.2) is 0 Å². The van der Waals surface area contributed by atoms with Crippen LogP contribution < -0.4 is 15.8 Å². The van der Waals surface area contributed by atoms with Gasteiger partial charge in [0.25, 0.3) is 0 Å². The van der Waals surface area contributed by atoms with E-state index < -0.39 is 6.04 Å². The SMILES string of the molecule is CC1(C)CC(NC(=O)[C@@H](N)C(C)(C)C)c2ccccc2O1.Cl. The van der Waals surface area contributed by atoms with Crippen LogP contribution >= 0.6 is 12.4 Å². The average Bonchev–Trinajstić information content (AvgIpc) is 2.35. The number of hydrogen-bond acceptors (Lipinski definition) is 3. The number of rotatable bonds is 2. The summed E-state index contributed by atoms with van der Waals surface area (Å²) in [6.45, 7) is 9.98. The number of nitrogens with one attached hydrogen (secondary N) is 1. The Morgan fingerprint density at radius 3 is 2.55 bits per heavy atom. The van der Waals surface area contributed by atoms with Gasteiger partial charge in [-0.15, -0.1) is 12.4 Å². The first-order chi connectivity index (χ1) is 9.60. The van der Waals surface area contributed by atoms with Crippen LogP contribution in [0.2, 0.25) is 0 Å². The molecule has 124 valence electrons. The van der Waals surface area contributed by atoms with E-state index in [2.05, 4.69) is 5.32 Å². The normalized spacial score (nSPS) is 20.9. The third-order valence-electron chi connectivity index (χ3n) is 3.91. The van der Waals surface area contributed by atoms with Gasteiger partial charge in [0, 0.05) is 12.0 Å². The van der Waals surface area contributed by atoms with Gasteiger partial charge in [-0.05, 0) is 25.3 Å². The number of ether oxygens (including phenoxy) is 1. The van der Waals surface area contributed by atoms with E-state index >= 15 is 0 Å². The van der Waals surface area contributed by atoms with Crippen LogP contribution in [0.25, 0.3) is 0 Å². The molecule has 22 heavy (non-hydrogen) atoms. The number of carbonyl (C=O) groups excluding carboxylic acids is 1. The number of amides is 1. The van der Waals surface area contributed by atoms with Gasteiger partial charge in [0.05, 0.1) is 12.1 Å². The zero-order valence-corrected chi connectivity index (χ0v) is 14.8. The summed E-state index contributed by atoms with van der Waals surface area (Å²) in [5.74, 6) is 0.725. The van der Waals surface area contributed by atoms with Crippen LogP contribution in [0.1, 0.15) is 52.6 Å². The summed E-state index contributed by atoms with van der Waals surface area (Å²) in [6.07, 6.45) is 0.729. The fourth-order valence-electron chi connectivity index (χ4n) is 2.59. The Morgan fingerprint density at radius 1 is 1.36 bits per heavy atom. The molecule has 3 N–H and O–H groups in total. The van der Waals surface area contributed by atoms with Gasteiger partial charge < -0.3 is 15.8 Å². The van der Waals surface area contributed by atoms with Crippen molar-refractivity contribution in [3.8, 4) is 5.75 Å². The molecule has 0 saturated carbocycles. The molecule has 0 saturated heterocycles. The first-order valence-electron chi connectivity index (χ1n) is 7.44. The minimum Gasteiger partial charge on any atom is -0.487 e. The number of nitrogens with two attached hydrogens (primary N) is 1. The van der Waals surface area contributed by atoms with Crippen molar-refractivity contribution in [1.29, 1.82) is 0 Å². The maximum absolute atomic E-state index is 12.4. The van der Waals surface area contributed by atoms with Crippen LogP contribution in [-0.2, 0) is 4.79 Å². The molecule has 0 spiro atoms. The lowest BCUT2D eigenvalue weighted by Gasteiger charge is -2.38. The predicted molar refractivity (Wildman–Crippen MR) is 91.3 cm³/mol. The summed E-state index contributed by atoms with van der Waals surface area (Å²) in [7, 11) is 0. The lowest BCUT2D eigenvalue weighted by Crippen LogP contribution is -2.51. The fourth-order valence-corrected chi connectivity index (χ4v) is 2.59. The van der Waals surface area contributed by atoms with E-state index in [1.165, 1.54) is 0 Å². The minimum absolute atomic E-state index is 0. The molecule has 0 fully saturated rings. The third-order valence-corrected chi connectivity index (χ3v) is 3.91. The Labute approximate surface area is 139 Å². The maximum atomic E-state index is 12.4. The van der Waals surface area contributed by atoms with Gasteiger partial charge in [-0.3, -0.25) is 4.79 Å². The number of carbonyl (C=O) groups is 1. The molecular formula is C17H27ClN2O2. The second kappa shape index (κ2) is 6.47. The van der Waals surface area contributed by atoms with E-state index in [0.717, 1.165) is 17.7 Å². The maximum Gasteiger partial charge on any atom is 0.237 e. The molecular weight excluding hydrogens is 300 g/mol. The molecule has 0 aromatic heterocycles. The van der Waals surface area contributed by atoms with Crippen molar-refractivity contribution in [3.63, 3.8) is 0 Å². The van der Waals surface area contributed by atoms with Crippen molar-refractivity contribution in [2.24, 2.45) is 11.1 Å². The minimum atomic E-state index is -0.532. The van der Waals surface area contributed by atoms with Crippen LogP contribution in [0.4, 0.5) is 0 Å². The molecule has 0 radical (unpaired) electrons. The first kappa shape index (κ1) is 18.8. The van der Waals surface area contributed by atoms with E-state index in [1.807, 2.05) is 58.9 Å². The van der Waals surface area contributed by atoms with Crippen molar-refractivity contribution >= 4 is 18.3 Å². The summed E-state index contributed by atoms with van der Waals surface area (Å²) < 4.78 is 5.98. The van der Waals surface area contributed by atoms with Crippen LogP contribution in [-0.4, -0.2) is 17.6 Å². The molecule has 1 aliphatic rings. The van der Waals surface area contributed by atoms with Gasteiger partial charge in [-0.2, -0.15) is 0 Å². The average molecular weight is 327 g/mol. The van der Waals surface area contributed by atoms with Crippen LogP contribution in [0.15, 0.2) is 24.3 Å². The second-order valence-corrected chi connectivity index (χ2v) is 7.51. The van der Waals surface area contributed by atoms with Gasteiger partial charge in [-0.1, -0.05) is 39.0 Å². The Hall–Kier alpha value is -1.26. The summed E-state index contributed by atoms with van der Waals surface area (Å²) in [4.78, 5) is 12.4. The standard InChI is InChI=1S/C17H26N2O2.ClH/c1-16(2,3)14(18)15(20)19-12-10-17(4,5)21-13-9-7-6-8-11(12)13;/h6-9,12,14H,10,18H2,1-5H3,(H,19,20);1H/t12?,14-;/m1./s1. The van der Waals surface area contributed by atoms with Gasteiger partial charge in [0.1, 0.15) is 11.4 Å². The Bertz CT molecular complexity index is 538. The molecule has 5 heteroatoms. The Kier molecular flexibility index (Phi) is 5.52. The van der Waals surface area contributed by atoms with Crippen molar-refractivity contribution in [2.45, 2.75) is 58.7 Å². The van der Waals surface area contributed by atoms with Gasteiger partial charge >= 0.3 is 0 Å². The smallest absolute Gasteiger partial charge is 0.237 e. The molecule has 0 aliphatic carbocycles. The Morgan fingerprint density at radius 2 is 1.95 bits per heavy atom.